The molecule has 2 aromatic rings. The number of aromatic amines is 1. The maximum absolute atomic E-state index is 4.38. The van der Waals surface area contributed by atoms with Gasteiger partial charge in [-0.3, -0.25) is 5.10 Å². The molecule has 0 aliphatic heterocycles. The van der Waals surface area contributed by atoms with E-state index in [2.05, 4.69) is 76.5 Å². The zero-order valence-electron chi connectivity index (χ0n) is 11.8. The molecule has 0 radical (unpaired) electrons. The quantitative estimate of drug-likeness (QED) is 0.901. The van der Waals surface area contributed by atoms with Crippen molar-refractivity contribution in [2.45, 2.75) is 32.7 Å². The second-order valence-electron chi connectivity index (χ2n) is 5.72. The summed E-state index contributed by atoms with van der Waals surface area (Å²) in [5.74, 6) is 0. The second kappa shape index (κ2) is 5.47. The normalized spacial score (nSPS) is 11.8. The van der Waals surface area contributed by atoms with Crippen LogP contribution in [0.5, 0.6) is 0 Å². The van der Waals surface area contributed by atoms with E-state index in [-0.39, 0.29) is 5.41 Å². The summed E-state index contributed by atoms with van der Waals surface area (Å²) >= 11 is 3.61. The zero-order valence-corrected chi connectivity index (χ0v) is 13.4. The summed E-state index contributed by atoms with van der Waals surface area (Å²) in [6.45, 7) is 7.43. The van der Waals surface area contributed by atoms with Gasteiger partial charge in [0.1, 0.15) is 5.69 Å². The molecule has 19 heavy (non-hydrogen) atoms. The second-order valence-corrected chi connectivity index (χ2v) is 6.52. The number of halogens is 1. The molecule has 0 aliphatic carbocycles. The molecule has 0 fully saturated rings. The van der Waals surface area contributed by atoms with Gasteiger partial charge >= 0.3 is 0 Å². The highest BCUT2D eigenvalue weighted by Crippen LogP contribution is 2.30. The Balaban J connectivity index is 2.32. The fraction of sp³-hybridized carbons (Fsp3) is 0.400. The highest BCUT2D eigenvalue weighted by molar-refractivity contribution is 9.10. The minimum Gasteiger partial charge on any atom is -0.314 e. The van der Waals surface area contributed by atoms with E-state index in [9.17, 15) is 0 Å². The topological polar surface area (TPSA) is 40.7 Å². The predicted octanol–water partition coefficient (Wildman–Crippen LogP) is 3.86. The molecule has 2 rings (SSSR count). The maximum atomic E-state index is 4.38. The van der Waals surface area contributed by atoms with E-state index in [1.807, 2.05) is 7.05 Å². The van der Waals surface area contributed by atoms with Crippen molar-refractivity contribution in [3.63, 3.8) is 0 Å². The van der Waals surface area contributed by atoms with Crippen molar-refractivity contribution in [1.29, 1.82) is 0 Å². The summed E-state index contributed by atoms with van der Waals surface area (Å²) in [4.78, 5) is 0. The lowest BCUT2D eigenvalue weighted by atomic mass is 9.86. The van der Waals surface area contributed by atoms with Gasteiger partial charge in [-0.25, -0.2) is 0 Å². The lowest BCUT2D eigenvalue weighted by molar-refractivity contribution is 0.590. The summed E-state index contributed by atoms with van der Waals surface area (Å²) in [5.41, 5.74) is 4.67. The Labute approximate surface area is 122 Å². The van der Waals surface area contributed by atoms with E-state index >= 15 is 0 Å². The van der Waals surface area contributed by atoms with Crippen LogP contribution in [0.1, 0.15) is 32.0 Å². The van der Waals surface area contributed by atoms with Gasteiger partial charge in [0.05, 0.1) is 10.2 Å². The molecule has 0 spiro atoms. The fourth-order valence-electron chi connectivity index (χ4n) is 1.98. The molecule has 1 aromatic heterocycles. The zero-order chi connectivity index (χ0) is 14.0. The van der Waals surface area contributed by atoms with Gasteiger partial charge in [0, 0.05) is 12.1 Å². The molecule has 4 heteroatoms. The van der Waals surface area contributed by atoms with E-state index in [4.69, 9.17) is 0 Å². The van der Waals surface area contributed by atoms with Crippen LogP contribution in [-0.2, 0) is 12.0 Å². The SMILES string of the molecule is CNCc1[nH]nc(-c2ccc(C(C)(C)C)cc2)c1Br. The summed E-state index contributed by atoms with van der Waals surface area (Å²) < 4.78 is 1.03. The van der Waals surface area contributed by atoms with Gasteiger partial charge in [0.25, 0.3) is 0 Å². The molecule has 3 nitrogen and oxygen atoms in total. The van der Waals surface area contributed by atoms with Gasteiger partial charge in [0.15, 0.2) is 0 Å². The van der Waals surface area contributed by atoms with Gasteiger partial charge < -0.3 is 5.32 Å². The van der Waals surface area contributed by atoms with Gasteiger partial charge in [-0.1, -0.05) is 45.0 Å². The first kappa shape index (κ1) is 14.3. The summed E-state index contributed by atoms with van der Waals surface area (Å²) in [6.07, 6.45) is 0. The molecular weight excluding hydrogens is 302 g/mol. The Bertz CT molecular complexity index is 550. The number of nitrogens with zero attached hydrogens (tertiary/aromatic N) is 1. The third-order valence-electron chi connectivity index (χ3n) is 3.15. The summed E-state index contributed by atoms with van der Waals surface area (Å²) in [5, 5.41) is 10.6. The number of rotatable bonds is 3. The van der Waals surface area contributed by atoms with Crippen LogP contribution in [0.15, 0.2) is 28.7 Å². The number of hydrogen-bond donors (Lipinski definition) is 2. The molecule has 1 aromatic carbocycles. The Morgan fingerprint density at radius 1 is 1.21 bits per heavy atom. The molecule has 0 amide bonds. The van der Waals surface area contributed by atoms with E-state index < -0.39 is 0 Å². The van der Waals surface area contributed by atoms with E-state index in [1.165, 1.54) is 5.56 Å². The Morgan fingerprint density at radius 2 is 1.84 bits per heavy atom. The van der Waals surface area contributed by atoms with Gasteiger partial charge in [-0.15, -0.1) is 0 Å². The number of benzene rings is 1. The van der Waals surface area contributed by atoms with Crippen LogP contribution in [0, 0.1) is 0 Å². The minimum absolute atomic E-state index is 0.179. The molecule has 0 saturated heterocycles. The highest BCUT2D eigenvalue weighted by Gasteiger charge is 2.15. The van der Waals surface area contributed by atoms with E-state index in [0.29, 0.717) is 0 Å². The molecule has 0 saturated carbocycles. The fourth-order valence-corrected chi connectivity index (χ4v) is 2.52. The van der Waals surface area contributed by atoms with Crippen LogP contribution in [0.4, 0.5) is 0 Å². The van der Waals surface area contributed by atoms with Crippen molar-refractivity contribution in [3.8, 4) is 11.3 Å². The average molecular weight is 322 g/mol. The Morgan fingerprint density at radius 3 is 2.37 bits per heavy atom. The highest BCUT2D eigenvalue weighted by atomic mass is 79.9. The predicted molar refractivity (Wildman–Crippen MR) is 83.2 cm³/mol. The molecular formula is C15H20BrN3. The largest absolute Gasteiger partial charge is 0.314 e. The van der Waals surface area contributed by atoms with Crippen molar-refractivity contribution in [2.75, 3.05) is 7.05 Å². The van der Waals surface area contributed by atoms with Crippen molar-refractivity contribution in [2.24, 2.45) is 0 Å². The van der Waals surface area contributed by atoms with Gasteiger partial charge in [-0.2, -0.15) is 5.10 Å². The number of nitrogens with one attached hydrogen (secondary N) is 2. The average Bonchev–Trinajstić information content (AvgIpc) is 2.71. The molecule has 102 valence electrons. The molecule has 2 N–H and O–H groups in total. The monoisotopic (exact) mass is 321 g/mol. The van der Waals surface area contributed by atoms with Crippen LogP contribution in [0.3, 0.4) is 0 Å². The lowest BCUT2D eigenvalue weighted by Gasteiger charge is -2.18. The van der Waals surface area contributed by atoms with Crippen molar-refractivity contribution in [3.05, 3.63) is 40.0 Å². The number of hydrogen-bond acceptors (Lipinski definition) is 2. The van der Waals surface area contributed by atoms with Gasteiger partial charge in [0.2, 0.25) is 0 Å². The molecule has 1 heterocycles. The smallest absolute Gasteiger partial charge is 0.107 e. The third kappa shape index (κ3) is 3.07. The van der Waals surface area contributed by atoms with Crippen LogP contribution >= 0.6 is 15.9 Å². The van der Waals surface area contributed by atoms with Crippen LogP contribution in [0.25, 0.3) is 11.3 Å². The first-order valence-corrected chi connectivity index (χ1v) is 7.21. The van der Waals surface area contributed by atoms with Gasteiger partial charge in [-0.05, 0) is 34.0 Å². The molecule has 0 atom stereocenters. The summed E-state index contributed by atoms with van der Waals surface area (Å²) in [6, 6.07) is 8.61. The summed E-state index contributed by atoms with van der Waals surface area (Å²) in [7, 11) is 1.92. The number of aromatic nitrogens is 2. The van der Waals surface area contributed by atoms with E-state index in [0.717, 1.165) is 28.0 Å². The first-order valence-electron chi connectivity index (χ1n) is 6.41. The van der Waals surface area contributed by atoms with Crippen LogP contribution in [0.2, 0.25) is 0 Å². The maximum Gasteiger partial charge on any atom is 0.107 e. The first-order chi connectivity index (χ1) is 8.93. The third-order valence-corrected chi connectivity index (χ3v) is 4.01. The number of H-pyrrole nitrogens is 1. The van der Waals surface area contributed by atoms with Crippen molar-refractivity contribution in [1.82, 2.24) is 15.5 Å². The Hall–Kier alpha value is -1.13. The van der Waals surface area contributed by atoms with Crippen molar-refractivity contribution < 1.29 is 0 Å². The minimum atomic E-state index is 0.179. The van der Waals surface area contributed by atoms with Crippen molar-refractivity contribution >= 4 is 15.9 Å². The molecule has 0 bridgehead atoms. The molecule has 0 unspecified atom stereocenters. The standard InChI is InChI=1S/C15H20BrN3/c1-15(2,3)11-7-5-10(6-8-11)14-13(16)12(9-17-4)18-19-14/h5-8,17H,9H2,1-4H3,(H,18,19). The molecule has 0 aliphatic rings. The van der Waals surface area contributed by atoms with Crippen LogP contribution < -0.4 is 5.32 Å². The Kier molecular flexibility index (Phi) is 4.11. The lowest BCUT2D eigenvalue weighted by Crippen LogP contribution is -2.10. The van der Waals surface area contributed by atoms with E-state index in [1.54, 1.807) is 0 Å². The van der Waals surface area contributed by atoms with Crippen LogP contribution in [-0.4, -0.2) is 17.2 Å².